The first-order chi connectivity index (χ1) is 20.7. The van der Waals surface area contributed by atoms with Gasteiger partial charge in [0.1, 0.15) is 5.82 Å². The number of nitrogens with zero attached hydrogens (tertiary/aromatic N) is 3. The molecule has 1 N–H and O–H groups in total. The fraction of sp³-hybridized carbons (Fsp3) is 0.265. The second-order valence-corrected chi connectivity index (χ2v) is 13.0. The molecule has 2 aromatic heterocycles. The number of pyridine rings is 1. The van der Waals surface area contributed by atoms with Gasteiger partial charge in [-0.2, -0.15) is 0 Å². The van der Waals surface area contributed by atoms with Crippen LogP contribution in [0.25, 0.3) is 33.3 Å². The van der Waals surface area contributed by atoms with Crippen LogP contribution in [0.5, 0.6) is 0 Å². The Bertz CT molecular complexity index is 1870. The van der Waals surface area contributed by atoms with Gasteiger partial charge in [0, 0.05) is 42.9 Å². The minimum Gasteiger partial charge on any atom is -0.392 e. The van der Waals surface area contributed by atoms with Crippen LogP contribution >= 0.6 is 0 Å². The third-order valence-corrected chi connectivity index (χ3v) is 9.73. The number of aryl methyl sites for hydroxylation is 1. The highest BCUT2D eigenvalue weighted by atomic mass is 32.2. The summed E-state index contributed by atoms with van der Waals surface area (Å²) < 4.78 is 49.5. The van der Waals surface area contributed by atoms with Crippen LogP contribution in [0.3, 0.4) is 0 Å². The molecule has 0 radical (unpaired) electrons. The summed E-state index contributed by atoms with van der Waals surface area (Å²) in [4.78, 5) is 7.09. The average Bonchev–Trinajstić information content (AvgIpc) is 3.32. The lowest BCUT2D eigenvalue weighted by Crippen LogP contribution is -2.37. The molecule has 0 amide bonds. The van der Waals surface area contributed by atoms with Gasteiger partial charge in [-0.3, -0.25) is 4.90 Å². The third kappa shape index (κ3) is 5.86. The molecule has 5 aromatic rings. The van der Waals surface area contributed by atoms with E-state index in [1.807, 2.05) is 25.1 Å². The number of rotatable bonds is 8. The number of fused-ring (bicyclic) bond motifs is 1. The van der Waals surface area contributed by atoms with Crippen molar-refractivity contribution < 1.29 is 22.7 Å². The molecular weight excluding hydrogens is 565 g/mol. The van der Waals surface area contributed by atoms with Crippen molar-refractivity contribution in [3.8, 4) is 22.3 Å². The largest absolute Gasteiger partial charge is 0.392 e. The van der Waals surface area contributed by atoms with Crippen molar-refractivity contribution in [1.29, 1.82) is 0 Å². The zero-order valence-corrected chi connectivity index (χ0v) is 25.0. The Morgan fingerprint density at radius 1 is 1.00 bits per heavy atom. The molecule has 0 aliphatic carbocycles. The number of benzene rings is 3. The predicted molar refractivity (Wildman–Crippen MR) is 166 cm³/mol. The maximum Gasteiger partial charge on any atom is 0.269 e. The summed E-state index contributed by atoms with van der Waals surface area (Å²) in [7, 11) is -2.57. The number of β-amino-alcohol motifs (C(OH)–C–C–N with tert-alkyl or cyclic N) is 1. The standard InChI is InChI=1S/C34H34FN3O4S/c1-23-8-14-30(15-9-23)43(40,41)38-32(22-42-2)33(26-5-3-6-28(35)17-26)31-18-27(19-36-34(31)38)25-12-10-24(11-13-25)20-37-16-4-7-29(39)21-37/h3,5-6,8-15,17-19,29,39H,4,7,16,20-22H2,1-2H3. The first-order valence-corrected chi connectivity index (χ1v) is 15.8. The lowest BCUT2D eigenvalue weighted by Gasteiger charge is -2.29. The zero-order valence-electron chi connectivity index (χ0n) is 24.2. The molecule has 3 aromatic carbocycles. The molecular formula is C34H34FN3O4S. The summed E-state index contributed by atoms with van der Waals surface area (Å²) in [6, 6.07) is 22.9. The van der Waals surface area contributed by atoms with Gasteiger partial charge >= 0.3 is 0 Å². The number of aliphatic hydroxyl groups excluding tert-OH is 1. The smallest absolute Gasteiger partial charge is 0.269 e. The molecule has 0 saturated carbocycles. The second kappa shape index (κ2) is 12.0. The Balaban J connectivity index is 1.49. The SMILES string of the molecule is COCc1c(-c2cccc(F)c2)c2cc(-c3ccc(CN4CCCC(O)C4)cc3)cnc2n1S(=O)(=O)c1ccc(C)cc1. The van der Waals surface area contributed by atoms with Crippen molar-refractivity contribution in [2.24, 2.45) is 0 Å². The van der Waals surface area contributed by atoms with Gasteiger partial charge in [0.2, 0.25) is 0 Å². The molecule has 43 heavy (non-hydrogen) atoms. The third-order valence-electron chi connectivity index (χ3n) is 7.99. The molecule has 1 saturated heterocycles. The van der Waals surface area contributed by atoms with Gasteiger partial charge in [-0.25, -0.2) is 21.8 Å². The molecule has 3 heterocycles. The van der Waals surface area contributed by atoms with Crippen LogP contribution < -0.4 is 0 Å². The van der Waals surface area contributed by atoms with Gasteiger partial charge in [0.15, 0.2) is 5.65 Å². The van der Waals surface area contributed by atoms with Crippen molar-refractivity contribution in [2.45, 2.75) is 43.9 Å². The van der Waals surface area contributed by atoms with E-state index in [2.05, 4.69) is 17.0 Å². The number of aromatic nitrogens is 2. The Morgan fingerprint density at radius 2 is 1.77 bits per heavy atom. The van der Waals surface area contributed by atoms with E-state index in [4.69, 9.17) is 9.72 Å². The fourth-order valence-corrected chi connectivity index (χ4v) is 7.39. The van der Waals surface area contributed by atoms with E-state index in [1.54, 1.807) is 42.6 Å². The molecule has 7 nitrogen and oxygen atoms in total. The van der Waals surface area contributed by atoms with Gasteiger partial charge in [-0.15, -0.1) is 0 Å². The summed E-state index contributed by atoms with van der Waals surface area (Å²) in [6.07, 6.45) is 3.24. The molecule has 222 valence electrons. The molecule has 0 spiro atoms. The topological polar surface area (TPSA) is 84.7 Å². The fourth-order valence-electron chi connectivity index (χ4n) is 5.89. The van der Waals surface area contributed by atoms with E-state index in [9.17, 15) is 17.9 Å². The molecule has 1 aliphatic rings. The predicted octanol–water partition coefficient (Wildman–Crippen LogP) is 6.16. The van der Waals surface area contributed by atoms with Crippen LogP contribution in [0.15, 0.2) is 90.0 Å². The number of hydrogen-bond acceptors (Lipinski definition) is 6. The minimum absolute atomic E-state index is 0.0253. The van der Waals surface area contributed by atoms with E-state index >= 15 is 0 Å². The average molecular weight is 600 g/mol. The molecule has 1 unspecified atom stereocenters. The lowest BCUT2D eigenvalue weighted by molar-refractivity contribution is 0.0668. The van der Waals surface area contributed by atoms with Crippen LogP contribution in [-0.2, 0) is 27.9 Å². The molecule has 1 atom stereocenters. The normalized spacial score (nSPS) is 16.1. The minimum atomic E-state index is -4.08. The van der Waals surface area contributed by atoms with Gasteiger partial charge in [0.25, 0.3) is 10.0 Å². The number of halogens is 1. The monoisotopic (exact) mass is 599 g/mol. The number of piperidine rings is 1. The highest BCUT2D eigenvalue weighted by Gasteiger charge is 2.29. The van der Waals surface area contributed by atoms with Gasteiger partial charge in [-0.1, -0.05) is 54.1 Å². The summed E-state index contributed by atoms with van der Waals surface area (Å²) >= 11 is 0. The van der Waals surface area contributed by atoms with Gasteiger partial charge in [0.05, 0.1) is 23.3 Å². The quantitative estimate of drug-likeness (QED) is 0.230. The zero-order chi connectivity index (χ0) is 30.1. The summed E-state index contributed by atoms with van der Waals surface area (Å²) in [5.74, 6) is -0.427. The lowest BCUT2D eigenvalue weighted by atomic mass is 9.99. The van der Waals surface area contributed by atoms with Gasteiger partial charge < -0.3 is 9.84 Å². The maximum atomic E-state index is 14.5. The van der Waals surface area contributed by atoms with Crippen molar-refractivity contribution >= 4 is 21.1 Å². The first kappa shape index (κ1) is 29.2. The Labute approximate surface area is 251 Å². The number of likely N-dealkylation sites (tertiary alicyclic amines) is 1. The second-order valence-electron chi connectivity index (χ2n) is 11.2. The number of methoxy groups -OCH3 is 1. The molecule has 1 fully saturated rings. The van der Waals surface area contributed by atoms with E-state index in [-0.39, 0.29) is 23.3 Å². The van der Waals surface area contributed by atoms with Crippen molar-refractivity contribution in [3.63, 3.8) is 0 Å². The van der Waals surface area contributed by atoms with E-state index < -0.39 is 15.8 Å². The number of aliphatic hydroxyl groups is 1. The van der Waals surface area contributed by atoms with Gasteiger partial charge in [-0.05, 0) is 73.3 Å². The van der Waals surface area contributed by atoms with Crippen molar-refractivity contribution in [2.75, 3.05) is 20.2 Å². The van der Waals surface area contributed by atoms with E-state index in [1.165, 1.54) is 23.2 Å². The van der Waals surface area contributed by atoms with Crippen LogP contribution in [0.4, 0.5) is 4.39 Å². The first-order valence-electron chi connectivity index (χ1n) is 14.3. The van der Waals surface area contributed by atoms with Crippen LogP contribution in [0.1, 0.15) is 29.7 Å². The summed E-state index contributed by atoms with van der Waals surface area (Å²) in [5, 5.41) is 10.6. The Kier molecular flexibility index (Phi) is 8.15. The molecule has 9 heteroatoms. The highest BCUT2D eigenvalue weighted by molar-refractivity contribution is 7.90. The summed E-state index contributed by atoms with van der Waals surface area (Å²) in [6.45, 7) is 4.28. The van der Waals surface area contributed by atoms with Crippen molar-refractivity contribution in [1.82, 2.24) is 13.9 Å². The molecule has 0 bridgehead atoms. The van der Waals surface area contributed by atoms with Crippen LogP contribution in [0.2, 0.25) is 0 Å². The van der Waals surface area contributed by atoms with Crippen LogP contribution in [0, 0.1) is 12.7 Å². The van der Waals surface area contributed by atoms with E-state index in [0.29, 0.717) is 28.8 Å². The molecule has 1 aliphatic heterocycles. The van der Waals surface area contributed by atoms with Crippen LogP contribution in [-0.4, -0.2) is 53.7 Å². The van der Waals surface area contributed by atoms with E-state index in [0.717, 1.165) is 48.2 Å². The Hall–Kier alpha value is -3.89. The van der Waals surface area contributed by atoms with Crippen molar-refractivity contribution in [3.05, 3.63) is 108 Å². The number of hydrogen-bond donors (Lipinski definition) is 1. The number of ether oxygens (including phenoxy) is 1. The Morgan fingerprint density at radius 3 is 2.47 bits per heavy atom. The highest BCUT2D eigenvalue weighted by Crippen LogP contribution is 2.39. The molecule has 6 rings (SSSR count). The maximum absolute atomic E-state index is 14.5. The summed E-state index contributed by atoms with van der Waals surface area (Å²) in [5.41, 5.74) is 5.52.